The quantitative estimate of drug-likeness (QED) is 0.737. The van der Waals surface area contributed by atoms with Gasteiger partial charge in [-0.15, -0.1) is 0 Å². The Labute approximate surface area is 72.6 Å². The standard InChI is InChI=1S/C10H13NO/c1-9(12)4-2-5-10-6-3-7-11-8-10/h2-3,5-9,12H,4H2,1H3. The average Bonchev–Trinajstić information content (AvgIpc) is 2.05. The summed E-state index contributed by atoms with van der Waals surface area (Å²) in [5.41, 5.74) is 1.07. The van der Waals surface area contributed by atoms with Gasteiger partial charge in [0.15, 0.2) is 0 Å². The summed E-state index contributed by atoms with van der Waals surface area (Å²) >= 11 is 0. The molecule has 1 unspecified atom stereocenters. The second-order valence-electron chi connectivity index (χ2n) is 2.77. The summed E-state index contributed by atoms with van der Waals surface area (Å²) in [5.74, 6) is 0. The van der Waals surface area contributed by atoms with Crippen LogP contribution in [0.3, 0.4) is 0 Å². The van der Waals surface area contributed by atoms with Crippen LogP contribution in [0.25, 0.3) is 6.08 Å². The fourth-order valence-electron chi connectivity index (χ4n) is 0.876. The van der Waals surface area contributed by atoms with Gasteiger partial charge in [-0.1, -0.05) is 18.2 Å². The van der Waals surface area contributed by atoms with Gasteiger partial charge in [-0.05, 0) is 25.0 Å². The molecule has 12 heavy (non-hydrogen) atoms. The smallest absolute Gasteiger partial charge is 0.0546 e. The van der Waals surface area contributed by atoms with Crippen LogP contribution in [0.2, 0.25) is 0 Å². The Balaban J connectivity index is 2.47. The first kappa shape index (κ1) is 8.94. The predicted octanol–water partition coefficient (Wildman–Crippen LogP) is 1.87. The topological polar surface area (TPSA) is 33.1 Å². The van der Waals surface area contributed by atoms with Gasteiger partial charge < -0.3 is 5.11 Å². The van der Waals surface area contributed by atoms with E-state index in [-0.39, 0.29) is 6.10 Å². The van der Waals surface area contributed by atoms with Gasteiger partial charge in [-0.2, -0.15) is 0 Å². The van der Waals surface area contributed by atoms with Crippen molar-refractivity contribution >= 4 is 6.08 Å². The summed E-state index contributed by atoms with van der Waals surface area (Å²) in [5, 5.41) is 8.96. The monoisotopic (exact) mass is 163 g/mol. The van der Waals surface area contributed by atoms with Gasteiger partial charge in [0, 0.05) is 12.4 Å². The molecule has 1 aromatic heterocycles. The molecule has 1 rings (SSSR count). The largest absolute Gasteiger partial charge is 0.393 e. The Bertz CT molecular complexity index is 241. The number of aliphatic hydroxyl groups excluding tert-OH is 1. The van der Waals surface area contributed by atoms with Crippen LogP contribution in [-0.4, -0.2) is 16.2 Å². The Kier molecular flexibility index (Phi) is 3.48. The SMILES string of the molecule is CC(O)CC=Cc1cccnc1. The average molecular weight is 163 g/mol. The molecule has 1 atom stereocenters. The maximum absolute atomic E-state index is 8.96. The molecule has 1 heterocycles. The Morgan fingerprint density at radius 1 is 1.67 bits per heavy atom. The van der Waals surface area contributed by atoms with Gasteiger partial charge >= 0.3 is 0 Å². The molecular formula is C10H13NO. The lowest BCUT2D eigenvalue weighted by Crippen LogP contribution is -1.95. The van der Waals surface area contributed by atoms with Crippen molar-refractivity contribution in [3.8, 4) is 0 Å². The summed E-state index contributed by atoms with van der Waals surface area (Å²) in [7, 11) is 0. The molecule has 0 aliphatic carbocycles. The van der Waals surface area contributed by atoms with Crippen molar-refractivity contribution in [2.75, 3.05) is 0 Å². The zero-order chi connectivity index (χ0) is 8.81. The minimum atomic E-state index is -0.266. The molecule has 0 radical (unpaired) electrons. The van der Waals surface area contributed by atoms with Gasteiger partial charge in [-0.25, -0.2) is 0 Å². The van der Waals surface area contributed by atoms with Gasteiger partial charge in [0.25, 0.3) is 0 Å². The van der Waals surface area contributed by atoms with Gasteiger partial charge in [0.1, 0.15) is 0 Å². The first-order chi connectivity index (χ1) is 5.79. The minimum Gasteiger partial charge on any atom is -0.393 e. The number of hydrogen-bond acceptors (Lipinski definition) is 2. The highest BCUT2D eigenvalue weighted by Gasteiger charge is 1.89. The van der Waals surface area contributed by atoms with Crippen molar-refractivity contribution in [2.24, 2.45) is 0 Å². The first-order valence-corrected chi connectivity index (χ1v) is 4.03. The van der Waals surface area contributed by atoms with E-state index in [1.807, 2.05) is 24.3 Å². The predicted molar refractivity (Wildman–Crippen MR) is 49.6 cm³/mol. The molecule has 2 heteroatoms. The normalized spacial score (nSPS) is 13.5. The molecule has 1 N–H and O–H groups in total. The van der Waals surface area contributed by atoms with Crippen molar-refractivity contribution < 1.29 is 5.11 Å². The molecular weight excluding hydrogens is 150 g/mol. The third-order valence-corrected chi connectivity index (χ3v) is 1.47. The van der Waals surface area contributed by atoms with E-state index in [1.54, 1.807) is 19.3 Å². The van der Waals surface area contributed by atoms with Crippen LogP contribution in [0.4, 0.5) is 0 Å². The maximum Gasteiger partial charge on any atom is 0.0546 e. The lowest BCUT2D eigenvalue weighted by atomic mass is 10.2. The first-order valence-electron chi connectivity index (χ1n) is 4.03. The van der Waals surface area contributed by atoms with Crippen molar-refractivity contribution in [2.45, 2.75) is 19.4 Å². The zero-order valence-corrected chi connectivity index (χ0v) is 7.14. The van der Waals surface area contributed by atoms with Crippen molar-refractivity contribution in [3.05, 3.63) is 36.2 Å². The third kappa shape index (κ3) is 3.30. The van der Waals surface area contributed by atoms with E-state index in [1.165, 1.54) is 0 Å². The fraction of sp³-hybridized carbons (Fsp3) is 0.300. The molecule has 0 aliphatic heterocycles. The number of pyridine rings is 1. The van der Waals surface area contributed by atoms with Crippen molar-refractivity contribution in [1.82, 2.24) is 4.98 Å². The van der Waals surface area contributed by atoms with Crippen LogP contribution in [0.15, 0.2) is 30.6 Å². The lowest BCUT2D eigenvalue weighted by Gasteiger charge is -1.96. The van der Waals surface area contributed by atoms with E-state index in [2.05, 4.69) is 4.98 Å². The zero-order valence-electron chi connectivity index (χ0n) is 7.14. The molecule has 0 bridgehead atoms. The molecule has 0 spiro atoms. The van der Waals surface area contributed by atoms with E-state index < -0.39 is 0 Å². The highest BCUT2D eigenvalue weighted by atomic mass is 16.3. The van der Waals surface area contributed by atoms with Crippen LogP contribution in [0.5, 0.6) is 0 Å². The second-order valence-corrected chi connectivity index (χ2v) is 2.77. The van der Waals surface area contributed by atoms with Crippen LogP contribution in [0, 0.1) is 0 Å². The summed E-state index contributed by atoms with van der Waals surface area (Å²) in [4.78, 5) is 3.97. The summed E-state index contributed by atoms with van der Waals surface area (Å²) < 4.78 is 0. The number of aliphatic hydroxyl groups is 1. The van der Waals surface area contributed by atoms with Gasteiger partial charge in [0.05, 0.1) is 6.10 Å². The molecule has 0 fully saturated rings. The van der Waals surface area contributed by atoms with E-state index in [4.69, 9.17) is 5.11 Å². The van der Waals surface area contributed by atoms with Gasteiger partial charge in [0.2, 0.25) is 0 Å². The van der Waals surface area contributed by atoms with E-state index >= 15 is 0 Å². The summed E-state index contributed by atoms with van der Waals surface area (Å²) in [6, 6.07) is 3.87. The maximum atomic E-state index is 8.96. The molecule has 0 saturated heterocycles. The molecule has 1 aromatic rings. The second kappa shape index (κ2) is 4.67. The Morgan fingerprint density at radius 3 is 3.08 bits per heavy atom. The highest BCUT2D eigenvalue weighted by molar-refractivity contribution is 5.47. The Morgan fingerprint density at radius 2 is 2.50 bits per heavy atom. The lowest BCUT2D eigenvalue weighted by molar-refractivity contribution is 0.199. The van der Waals surface area contributed by atoms with Crippen molar-refractivity contribution in [3.63, 3.8) is 0 Å². The summed E-state index contributed by atoms with van der Waals surface area (Å²) in [6.45, 7) is 1.77. The van der Waals surface area contributed by atoms with Crippen LogP contribution >= 0.6 is 0 Å². The molecule has 64 valence electrons. The number of nitrogens with zero attached hydrogens (tertiary/aromatic N) is 1. The summed E-state index contributed by atoms with van der Waals surface area (Å²) in [6.07, 6.45) is 7.86. The van der Waals surface area contributed by atoms with E-state index in [9.17, 15) is 0 Å². The molecule has 2 nitrogen and oxygen atoms in total. The number of hydrogen-bond donors (Lipinski definition) is 1. The molecule has 0 amide bonds. The van der Waals surface area contributed by atoms with E-state index in [0.29, 0.717) is 6.42 Å². The van der Waals surface area contributed by atoms with Crippen molar-refractivity contribution in [1.29, 1.82) is 0 Å². The van der Waals surface area contributed by atoms with Gasteiger partial charge in [-0.3, -0.25) is 4.98 Å². The van der Waals surface area contributed by atoms with Crippen LogP contribution < -0.4 is 0 Å². The molecule has 0 aromatic carbocycles. The number of aromatic nitrogens is 1. The highest BCUT2D eigenvalue weighted by Crippen LogP contribution is 2.00. The number of rotatable bonds is 3. The molecule has 0 aliphatic rings. The van der Waals surface area contributed by atoms with Crippen LogP contribution in [-0.2, 0) is 0 Å². The minimum absolute atomic E-state index is 0.266. The van der Waals surface area contributed by atoms with E-state index in [0.717, 1.165) is 5.56 Å². The third-order valence-electron chi connectivity index (χ3n) is 1.47. The Hall–Kier alpha value is -1.15. The molecule has 0 saturated carbocycles. The fourth-order valence-corrected chi connectivity index (χ4v) is 0.876. The van der Waals surface area contributed by atoms with Crippen LogP contribution in [0.1, 0.15) is 18.9 Å².